The van der Waals surface area contributed by atoms with E-state index in [1.807, 2.05) is 31.4 Å². The Balaban J connectivity index is 1.92. The molecule has 0 aliphatic rings. The SMILES string of the molecule is Cc1ccc(NC(=O)C(=O)NCC(C)(O)c2ccsc2)cc1C. The molecule has 2 rings (SSSR count). The molecule has 1 atom stereocenters. The van der Waals surface area contributed by atoms with E-state index >= 15 is 0 Å². The van der Waals surface area contributed by atoms with Gasteiger partial charge in [0.2, 0.25) is 0 Å². The van der Waals surface area contributed by atoms with Crippen LogP contribution in [0.15, 0.2) is 35.0 Å². The monoisotopic (exact) mass is 332 g/mol. The molecule has 122 valence electrons. The van der Waals surface area contributed by atoms with Crippen LogP contribution in [0.1, 0.15) is 23.6 Å². The molecule has 0 fully saturated rings. The number of anilines is 1. The van der Waals surface area contributed by atoms with Crippen LogP contribution in [0.4, 0.5) is 5.69 Å². The molecule has 0 spiro atoms. The third-order valence-corrected chi connectivity index (χ3v) is 4.39. The van der Waals surface area contributed by atoms with Gasteiger partial charge >= 0.3 is 11.8 Å². The van der Waals surface area contributed by atoms with Gasteiger partial charge < -0.3 is 15.7 Å². The van der Waals surface area contributed by atoms with Gasteiger partial charge in [0.15, 0.2) is 0 Å². The van der Waals surface area contributed by atoms with Crippen molar-refractivity contribution in [2.45, 2.75) is 26.4 Å². The summed E-state index contributed by atoms with van der Waals surface area (Å²) in [5, 5.41) is 19.0. The first-order chi connectivity index (χ1) is 10.8. The highest BCUT2D eigenvalue weighted by molar-refractivity contribution is 7.08. The maximum absolute atomic E-state index is 11.9. The standard InChI is InChI=1S/C17H20N2O3S/c1-11-4-5-14(8-12(11)2)19-16(21)15(20)18-10-17(3,22)13-6-7-23-9-13/h4-9,22H,10H2,1-3H3,(H,18,20)(H,19,21). The first-order valence-corrected chi connectivity index (χ1v) is 8.15. The predicted octanol–water partition coefficient (Wildman–Crippen LogP) is 2.33. The lowest BCUT2D eigenvalue weighted by Gasteiger charge is -2.22. The van der Waals surface area contributed by atoms with Gasteiger partial charge in [-0.2, -0.15) is 11.3 Å². The van der Waals surface area contributed by atoms with Crippen LogP contribution in [-0.2, 0) is 15.2 Å². The number of nitrogens with one attached hydrogen (secondary N) is 2. The summed E-state index contributed by atoms with van der Waals surface area (Å²) in [4.78, 5) is 23.8. The zero-order valence-corrected chi connectivity index (χ0v) is 14.2. The molecule has 5 nitrogen and oxygen atoms in total. The molecule has 23 heavy (non-hydrogen) atoms. The van der Waals surface area contributed by atoms with Gasteiger partial charge in [-0.25, -0.2) is 0 Å². The highest BCUT2D eigenvalue weighted by atomic mass is 32.1. The fraction of sp³-hybridized carbons (Fsp3) is 0.294. The van der Waals surface area contributed by atoms with Crippen LogP contribution in [0.25, 0.3) is 0 Å². The topological polar surface area (TPSA) is 78.4 Å². The Morgan fingerprint density at radius 3 is 2.52 bits per heavy atom. The van der Waals surface area contributed by atoms with E-state index in [2.05, 4.69) is 10.6 Å². The number of aryl methyl sites for hydroxylation is 2. The minimum absolute atomic E-state index is 0.0388. The highest BCUT2D eigenvalue weighted by Crippen LogP contribution is 2.22. The fourth-order valence-electron chi connectivity index (χ4n) is 2.01. The number of rotatable bonds is 4. The van der Waals surface area contributed by atoms with Crippen molar-refractivity contribution in [3.8, 4) is 0 Å². The van der Waals surface area contributed by atoms with Gasteiger partial charge in [-0.1, -0.05) is 6.07 Å². The minimum atomic E-state index is -1.21. The van der Waals surface area contributed by atoms with E-state index in [-0.39, 0.29) is 6.54 Å². The summed E-state index contributed by atoms with van der Waals surface area (Å²) >= 11 is 1.46. The van der Waals surface area contributed by atoms with Crippen molar-refractivity contribution in [1.82, 2.24) is 5.32 Å². The summed E-state index contributed by atoms with van der Waals surface area (Å²) in [5.41, 5.74) is 2.20. The van der Waals surface area contributed by atoms with Gasteiger partial charge in [0.05, 0.1) is 6.54 Å². The molecule has 0 bridgehead atoms. The Labute approximate surface area is 139 Å². The van der Waals surface area contributed by atoms with Gasteiger partial charge in [-0.05, 0) is 66.4 Å². The van der Waals surface area contributed by atoms with Crippen molar-refractivity contribution in [2.75, 3.05) is 11.9 Å². The second-order valence-corrected chi connectivity index (χ2v) is 6.50. The number of benzene rings is 1. The first kappa shape index (κ1) is 17.2. The molecule has 0 radical (unpaired) electrons. The Hall–Kier alpha value is -2.18. The normalized spacial score (nSPS) is 13.2. The smallest absolute Gasteiger partial charge is 0.313 e. The van der Waals surface area contributed by atoms with E-state index < -0.39 is 17.4 Å². The fourth-order valence-corrected chi connectivity index (χ4v) is 2.80. The number of aliphatic hydroxyl groups is 1. The zero-order chi connectivity index (χ0) is 17.0. The molecular weight excluding hydrogens is 312 g/mol. The summed E-state index contributed by atoms with van der Waals surface area (Å²) in [6.45, 7) is 5.46. The molecule has 1 heterocycles. The van der Waals surface area contributed by atoms with Crippen molar-refractivity contribution in [3.63, 3.8) is 0 Å². The van der Waals surface area contributed by atoms with Crippen LogP contribution in [0.3, 0.4) is 0 Å². The summed E-state index contributed by atoms with van der Waals surface area (Å²) < 4.78 is 0. The van der Waals surface area contributed by atoms with Crippen LogP contribution < -0.4 is 10.6 Å². The number of amides is 2. The van der Waals surface area contributed by atoms with E-state index in [1.54, 1.807) is 24.4 Å². The van der Waals surface area contributed by atoms with E-state index in [4.69, 9.17) is 0 Å². The zero-order valence-electron chi connectivity index (χ0n) is 13.3. The van der Waals surface area contributed by atoms with Crippen molar-refractivity contribution >= 4 is 28.8 Å². The molecule has 1 unspecified atom stereocenters. The summed E-state index contributed by atoms with van der Waals surface area (Å²) in [7, 11) is 0. The second-order valence-electron chi connectivity index (χ2n) is 5.72. The number of thiophene rings is 1. The molecule has 0 aliphatic heterocycles. The third-order valence-electron chi connectivity index (χ3n) is 3.71. The average molecular weight is 332 g/mol. The lowest BCUT2D eigenvalue weighted by atomic mass is 9.99. The van der Waals surface area contributed by atoms with Crippen molar-refractivity contribution in [1.29, 1.82) is 0 Å². The van der Waals surface area contributed by atoms with Crippen LogP contribution >= 0.6 is 11.3 Å². The maximum atomic E-state index is 11.9. The van der Waals surface area contributed by atoms with Crippen molar-refractivity contribution in [2.24, 2.45) is 0 Å². The van der Waals surface area contributed by atoms with E-state index in [0.717, 1.165) is 11.1 Å². The van der Waals surface area contributed by atoms with E-state index in [9.17, 15) is 14.7 Å². The molecule has 1 aromatic heterocycles. The Bertz CT molecular complexity index is 709. The molecule has 0 saturated carbocycles. The molecule has 0 aliphatic carbocycles. The molecule has 0 saturated heterocycles. The van der Waals surface area contributed by atoms with Gasteiger partial charge in [-0.3, -0.25) is 9.59 Å². The molecule has 6 heteroatoms. The molecule has 1 aromatic carbocycles. The van der Waals surface area contributed by atoms with Crippen LogP contribution in [0.2, 0.25) is 0 Å². The van der Waals surface area contributed by atoms with E-state index in [1.165, 1.54) is 11.3 Å². The van der Waals surface area contributed by atoms with Gasteiger partial charge in [-0.15, -0.1) is 0 Å². The highest BCUT2D eigenvalue weighted by Gasteiger charge is 2.25. The number of hydrogen-bond acceptors (Lipinski definition) is 4. The van der Waals surface area contributed by atoms with Crippen molar-refractivity contribution < 1.29 is 14.7 Å². The second kappa shape index (κ2) is 6.93. The number of carbonyl (C=O) groups excluding carboxylic acids is 2. The van der Waals surface area contributed by atoms with Gasteiger partial charge in [0, 0.05) is 5.69 Å². The minimum Gasteiger partial charge on any atom is -0.384 e. The van der Waals surface area contributed by atoms with Crippen LogP contribution in [0.5, 0.6) is 0 Å². The van der Waals surface area contributed by atoms with Crippen LogP contribution in [0, 0.1) is 13.8 Å². The Morgan fingerprint density at radius 1 is 1.17 bits per heavy atom. The molecular formula is C17H20N2O3S. The Morgan fingerprint density at radius 2 is 1.91 bits per heavy atom. The van der Waals surface area contributed by atoms with E-state index in [0.29, 0.717) is 11.3 Å². The number of hydrogen-bond donors (Lipinski definition) is 3. The van der Waals surface area contributed by atoms with Crippen LogP contribution in [-0.4, -0.2) is 23.5 Å². The quantitative estimate of drug-likeness (QED) is 0.752. The molecule has 2 amide bonds. The lowest BCUT2D eigenvalue weighted by molar-refractivity contribution is -0.136. The molecule has 2 aromatic rings. The van der Waals surface area contributed by atoms with Gasteiger partial charge in [0.25, 0.3) is 0 Å². The maximum Gasteiger partial charge on any atom is 0.313 e. The lowest BCUT2D eigenvalue weighted by Crippen LogP contribution is -2.43. The average Bonchev–Trinajstić information content (AvgIpc) is 3.04. The predicted molar refractivity (Wildman–Crippen MR) is 91.4 cm³/mol. The summed E-state index contributed by atoms with van der Waals surface area (Å²) in [5.74, 6) is -1.53. The van der Waals surface area contributed by atoms with Gasteiger partial charge in [0.1, 0.15) is 5.60 Å². The molecule has 3 N–H and O–H groups in total. The largest absolute Gasteiger partial charge is 0.384 e. The number of carbonyl (C=O) groups is 2. The Kier molecular flexibility index (Phi) is 5.18. The summed E-state index contributed by atoms with van der Waals surface area (Å²) in [6, 6.07) is 7.22. The van der Waals surface area contributed by atoms with Crippen molar-refractivity contribution in [3.05, 3.63) is 51.7 Å². The third kappa shape index (κ3) is 4.40. The first-order valence-electron chi connectivity index (χ1n) is 7.21. The summed E-state index contributed by atoms with van der Waals surface area (Å²) in [6.07, 6.45) is 0.